The van der Waals surface area contributed by atoms with Gasteiger partial charge in [-0.25, -0.2) is 4.98 Å². The molecule has 0 atom stereocenters. The molecule has 2 rings (SSSR count). The maximum Gasteiger partial charge on any atom is 0.294 e. The Balaban J connectivity index is 1.84. The molecule has 0 unspecified atom stereocenters. The molecule has 1 fully saturated rings. The van der Waals surface area contributed by atoms with Crippen molar-refractivity contribution in [2.24, 2.45) is 5.73 Å². The number of anilines is 2. The van der Waals surface area contributed by atoms with Crippen molar-refractivity contribution in [2.75, 3.05) is 17.8 Å². The first kappa shape index (κ1) is 12.2. The molecule has 1 aromatic rings. The van der Waals surface area contributed by atoms with Crippen LogP contribution in [0.2, 0.25) is 12.6 Å². The van der Waals surface area contributed by atoms with Crippen molar-refractivity contribution >= 4 is 18.4 Å². The molecule has 0 saturated carbocycles. The Morgan fingerprint density at radius 3 is 2.88 bits per heavy atom. The van der Waals surface area contributed by atoms with Gasteiger partial charge in [-0.2, -0.15) is 0 Å². The van der Waals surface area contributed by atoms with Crippen molar-refractivity contribution in [3.63, 3.8) is 0 Å². The van der Waals surface area contributed by atoms with Gasteiger partial charge in [0, 0.05) is 12.2 Å². The van der Waals surface area contributed by atoms with Crippen LogP contribution in [0, 0.1) is 0 Å². The van der Waals surface area contributed by atoms with E-state index in [1.54, 1.807) is 6.20 Å². The number of rotatable bonds is 4. The summed E-state index contributed by atoms with van der Waals surface area (Å²) >= 11 is 0. The summed E-state index contributed by atoms with van der Waals surface area (Å²) in [5.41, 5.74) is 12.1. The van der Waals surface area contributed by atoms with Gasteiger partial charge >= 0.3 is 0 Å². The van der Waals surface area contributed by atoms with Crippen LogP contribution in [-0.4, -0.2) is 24.7 Å². The molecule has 0 amide bonds. The molecule has 1 aromatic heterocycles. The normalized spacial score (nSPS) is 17.1. The number of aromatic nitrogens is 1. The van der Waals surface area contributed by atoms with E-state index in [1.807, 2.05) is 12.1 Å². The van der Waals surface area contributed by atoms with Crippen molar-refractivity contribution in [3.05, 3.63) is 18.3 Å². The predicted octanol–water partition coefficient (Wildman–Crippen LogP) is 1.16. The fourth-order valence-corrected chi connectivity index (χ4v) is 2.27. The van der Waals surface area contributed by atoms with Crippen LogP contribution in [0.5, 0.6) is 0 Å². The summed E-state index contributed by atoms with van der Waals surface area (Å²) in [7, 11) is 0. The Bertz CT molecular complexity index is 355. The van der Waals surface area contributed by atoms with Gasteiger partial charge in [0.05, 0.1) is 12.4 Å². The van der Waals surface area contributed by atoms with Gasteiger partial charge in [-0.3, -0.25) is 0 Å². The number of hydrogen-bond acceptors (Lipinski definition) is 5. The van der Waals surface area contributed by atoms with Crippen molar-refractivity contribution in [1.82, 2.24) is 4.98 Å². The fourth-order valence-electron chi connectivity index (χ4n) is 2.27. The number of nitrogens with two attached hydrogens (primary N) is 2. The Morgan fingerprint density at radius 2 is 2.24 bits per heavy atom. The third-order valence-corrected chi connectivity index (χ3v) is 3.20. The third-order valence-electron chi connectivity index (χ3n) is 3.20. The molecule has 92 valence electrons. The van der Waals surface area contributed by atoms with Crippen molar-refractivity contribution in [1.29, 1.82) is 0 Å². The SMILES string of the molecule is NCOB1CCC(Nc2cccnc2N)CC1. The molecule has 1 saturated heterocycles. The Morgan fingerprint density at radius 1 is 1.47 bits per heavy atom. The van der Waals surface area contributed by atoms with E-state index in [-0.39, 0.29) is 0 Å². The molecule has 0 aliphatic carbocycles. The number of nitrogens with zero attached hydrogens (tertiary/aromatic N) is 1. The zero-order chi connectivity index (χ0) is 12.1. The first-order valence-electron chi connectivity index (χ1n) is 6.08. The fraction of sp³-hybridized carbons (Fsp3) is 0.545. The van der Waals surface area contributed by atoms with Crippen LogP contribution in [0.3, 0.4) is 0 Å². The average Bonchev–Trinajstić information content (AvgIpc) is 2.35. The van der Waals surface area contributed by atoms with Crippen LogP contribution >= 0.6 is 0 Å². The van der Waals surface area contributed by atoms with E-state index in [1.165, 1.54) is 0 Å². The van der Waals surface area contributed by atoms with Crippen LogP contribution in [0.15, 0.2) is 18.3 Å². The lowest BCUT2D eigenvalue weighted by molar-refractivity contribution is 0.321. The molecule has 5 N–H and O–H groups in total. The molecule has 6 heteroatoms. The summed E-state index contributed by atoms with van der Waals surface area (Å²) in [6, 6.07) is 4.31. The van der Waals surface area contributed by atoms with Gasteiger partial charge in [-0.15, -0.1) is 0 Å². The summed E-state index contributed by atoms with van der Waals surface area (Å²) in [6.45, 7) is 0.641. The maximum absolute atomic E-state index is 5.80. The van der Waals surface area contributed by atoms with E-state index < -0.39 is 0 Å². The van der Waals surface area contributed by atoms with Gasteiger partial charge < -0.3 is 21.4 Å². The van der Waals surface area contributed by atoms with E-state index in [4.69, 9.17) is 16.1 Å². The quantitative estimate of drug-likeness (QED) is 0.537. The van der Waals surface area contributed by atoms with Crippen LogP contribution < -0.4 is 16.8 Å². The minimum atomic E-state index is 0.318. The number of nitrogen functional groups attached to an aromatic ring is 1. The van der Waals surface area contributed by atoms with Crippen molar-refractivity contribution in [2.45, 2.75) is 31.5 Å². The highest BCUT2D eigenvalue weighted by atomic mass is 16.4. The first-order valence-corrected chi connectivity index (χ1v) is 6.08. The summed E-state index contributed by atoms with van der Waals surface area (Å²) in [4.78, 5) is 4.06. The second kappa shape index (κ2) is 5.88. The second-order valence-corrected chi connectivity index (χ2v) is 4.39. The van der Waals surface area contributed by atoms with Gasteiger partial charge in [-0.1, -0.05) is 0 Å². The van der Waals surface area contributed by atoms with Gasteiger partial charge in [0.2, 0.25) is 0 Å². The Hall–Kier alpha value is -1.27. The van der Waals surface area contributed by atoms with Crippen LogP contribution in [-0.2, 0) is 4.65 Å². The van der Waals surface area contributed by atoms with E-state index in [9.17, 15) is 0 Å². The van der Waals surface area contributed by atoms with Crippen LogP contribution in [0.4, 0.5) is 11.5 Å². The first-order chi connectivity index (χ1) is 8.29. The molecule has 0 aromatic carbocycles. The Kier molecular flexibility index (Phi) is 4.22. The van der Waals surface area contributed by atoms with Gasteiger partial charge in [0.1, 0.15) is 5.82 Å². The lowest BCUT2D eigenvalue weighted by atomic mass is 9.55. The van der Waals surface area contributed by atoms with Gasteiger partial charge in [-0.05, 0) is 37.6 Å². The van der Waals surface area contributed by atoms with Gasteiger partial charge in [0.15, 0.2) is 0 Å². The smallest absolute Gasteiger partial charge is 0.294 e. The minimum Gasteiger partial charge on any atom is -0.424 e. The molecule has 0 spiro atoms. The van der Waals surface area contributed by atoms with E-state index in [0.717, 1.165) is 31.2 Å². The molecule has 0 bridgehead atoms. The largest absolute Gasteiger partial charge is 0.424 e. The number of nitrogens with one attached hydrogen (secondary N) is 1. The second-order valence-electron chi connectivity index (χ2n) is 4.39. The van der Waals surface area contributed by atoms with Crippen LogP contribution in [0.25, 0.3) is 0 Å². The molecule has 2 heterocycles. The predicted molar refractivity (Wildman–Crippen MR) is 70.8 cm³/mol. The molecule has 1 aliphatic rings. The number of pyridine rings is 1. The molecular formula is C11H19BN4O. The lowest BCUT2D eigenvalue weighted by Gasteiger charge is -2.27. The standard InChI is InChI=1S/C11H19BN4O/c13-8-17-12-5-3-9(4-6-12)16-10-2-1-7-15-11(10)14/h1-2,7,9,16H,3-6,8,13H2,(H2,14,15). The highest BCUT2D eigenvalue weighted by Crippen LogP contribution is 2.25. The van der Waals surface area contributed by atoms with Gasteiger partial charge in [0.25, 0.3) is 6.92 Å². The zero-order valence-electron chi connectivity index (χ0n) is 9.93. The molecular weight excluding hydrogens is 215 g/mol. The van der Waals surface area contributed by atoms with E-state index in [2.05, 4.69) is 10.3 Å². The maximum atomic E-state index is 5.80. The minimum absolute atomic E-state index is 0.318. The number of hydrogen-bond donors (Lipinski definition) is 3. The van der Waals surface area contributed by atoms with E-state index >= 15 is 0 Å². The molecule has 5 nitrogen and oxygen atoms in total. The molecule has 17 heavy (non-hydrogen) atoms. The van der Waals surface area contributed by atoms with Crippen molar-refractivity contribution in [3.8, 4) is 0 Å². The van der Waals surface area contributed by atoms with Crippen molar-refractivity contribution < 1.29 is 4.65 Å². The molecule has 0 radical (unpaired) electrons. The topological polar surface area (TPSA) is 86.2 Å². The summed E-state index contributed by atoms with van der Waals surface area (Å²) in [5, 5.41) is 3.44. The Labute approximate surface area is 102 Å². The molecule has 1 aliphatic heterocycles. The third kappa shape index (κ3) is 3.34. The van der Waals surface area contributed by atoms with E-state index in [0.29, 0.717) is 25.5 Å². The summed E-state index contributed by atoms with van der Waals surface area (Å²) < 4.78 is 5.42. The zero-order valence-corrected chi connectivity index (χ0v) is 9.93. The lowest BCUT2D eigenvalue weighted by Crippen LogP contribution is -2.33. The highest BCUT2D eigenvalue weighted by Gasteiger charge is 2.25. The van der Waals surface area contributed by atoms with Crippen LogP contribution in [0.1, 0.15) is 12.8 Å². The summed E-state index contributed by atoms with van der Waals surface area (Å²) in [6.07, 6.45) is 5.97. The highest BCUT2D eigenvalue weighted by molar-refractivity contribution is 6.52. The average molecular weight is 234 g/mol. The summed E-state index contributed by atoms with van der Waals surface area (Å²) in [5.74, 6) is 0.563. The monoisotopic (exact) mass is 234 g/mol.